The minimum atomic E-state index is -0.192. The molecule has 0 heterocycles. The average Bonchev–Trinajstić information content (AvgIpc) is 2.90. The molecule has 1 aliphatic rings. The predicted molar refractivity (Wildman–Crippen MR) is 74.8 cm³/mol. The summed E-state index contributed by atoms with van der Waals surface area (Å²) in [6.07, 6.45) is 4.48. The van der Waals surface area contributed by atoms with Crippen molar-refractivity contribution in [2.75, 3.05) is 11.9 Å². The van der Waals surface area contributed by atoms with Crippen molar-refractivity contribution < 1.29 is 9.90 Å². The zero-order chi connectivity index (χ0) is 13.5. The van der Waals surface area contributed by atoms with E-state index in [-0.39, 0.29) is 18.7 Å². The standard InChI is InChI=1S/C15H18N2O2/c18-11-5-7-12-6-1-4-10-14(12)17-15(19)16-13-8-2-3-9-13/h1,4,6,10,13,18H,2-3,8-9,11H2,(H2,16,17,19). The molecule has 0 atom stereocenters. The second-order valence-electron chi connectivity index (χ2n) is 4.59. The van der Waals surface area contributed by atoms with Crippen LogP contribution < -0.4 is 10.6 Å². The Morgan fingerprint density at radius 3 is 2.79 bits per heavy atom. The first kappa shape index (κ1) is 13.4. The van der Waals surface area contributed by atoms with E-state index in [9.17, 15) is 4.79 Å². The van der Waals surface area contributed by atoms with Crippen molar-refractivity contribution in [2.24, 2.45) is 0 Å². The lowest BCUT2D eigenvalue weighted by molar-refractivity contribution is 0.248. The van der Waals surface area contributed by atoms with Crippen LogP contribution in [0.5, 0.6) is 0 Å². The van der Waals surface area contributed by atoms with E-state index in [2.05, 4.69) is 22.5 Å². The molecule has 2 amide bonds. The molecule has 1 aliphatic carbocycles. The van der Waals surface area contributed by atoms with Gasteiger partial charge in [0.1, 0.15) is 6.61 Å². The SMILES string of the molecule is O=C(Nc1ccccc1C#CCO)NC1CCCC1. The van der Waals surface area contributed by atoms with Gasteiger partial charge in [-0.25, -0.2) is 4.79 Å². The molecule has 4 nitrogen and oxygen atoms in total. The summed E-state index contributed by atoms with van der Waals surface area (Å²) in [6.45, 7) is -0.192. The molecule has 1 saturated carbocycles. The number of rotatable bonds is 2. The van der Waals surface area contributed by atoms with Crippen LogP contribution in [0.15, 0.2) is 24.3 Å². The van der Waals surface area contributed by atoms with Crippen molar-refractivity contribution in [1.29, 1.82) is 0 Å². The number of benzene rings is 1. The smallest absolute Gasteiger partial charge is 0.319 e. The number of aliphatic hydroxyl groups excluding tert-OH is 1. The van der Waals surface area contributed by atoms with Crippen molar-refractivity contribution in [3.8, 4) is 11.8 Å². The van der Waals surface area contributed by atoms with Gasteiger partial charge < -0.3 is 15.7 Å². The van der Waals surface area contributed by atoms with Crippen molar-refractivity contribution in [3.63, 3.8) is 0 Å². The van der Waals surface area contributed by atoms with Gasteiger partial charge in [0.15, 0.2) is 0 Å². The largest absolute Gasteiger partial charge is 0.384 e. The minimum absolute atomic E-state index is 0.190. The summed E-state index contributed by atoms with van der Waals surface area (Å²) in [5, 5.41) is 14.5. The monoisotopic (exact) mass is 258 g/mol. The van der Waals surface area contributed by atoms with Crippen LogP contribution in [0.25, 0.3) is 0 Å². The third kappa shape index (κ3) is 4.01. The zero-order valence-electron chi connectivity index (χ0n) is 10.8. The highest BCUT2D eigenvalue weighted by atomic mass is 16.2. The van der Waals surface area contributed by atoms with E-state index in [4.69, 9.17) is 5.11 Å². The summed E-state index contributed by atoms with van der Waals surface area (Å²) >= 11 is 0. The fourth-order valence-corrected chi connectivity index (χ4v) is 2.25. The predicted octanol–water partition coefficient (Wildman–Crippen LogP) is 2.09. The second-order valence-corrected chi connectivity index (χ2v) is 4.59. The molecule has 0 radical (unpaired) electrons. The molecule has 3 N–H and O–H groups in total. The number of hydrogen-bond acceptors (Lipinski definition) is 2. The number of amides is 2. The van der Waals surface area contributed by atoms with Gasteiger partial charge in [0, 0.05) is 11.6 Å². The lowest BCUT2D eigenvalue weighted by atomic mass is 10.2. The number of hydrogen-bond donors (Lipinski definition) is 3. The molecule has 2 rings (SSSR count). The summed E-state index contributed by atoms with van der Waals surface area (Å²) in [5.41, 5.74) is 1.37. The Labute approximate surface area is 113 Å². The van der Waals surface area contributed by atoms with E-state index in [1.807, 2.05) is 18.2 Å². The lowest BCUT2D eigenvalue weighted by Crippen LogP contribution is -2.36. The van der Waals surface area contributed by atoms with Gasteiger partial charge in [-0.2, -0.15) is 0 Å². The molecule has 0 unspecified atom stereocenters. The van der Waals surface area contributed by atoms with Gasteiger partial charge in [0.25, 0.3) is 0 Å². The molecule has 0 saturated heterocycles. The summed E-state index contributed by atoms with van der Waals surface area (Å²) < 4.78 is 0. The van der Waals surface area contributed by atoms with Crippen LogP contribution >= 0.6 is 0 Å². The third-order valence-corrected chi connectivity index (χ3v) is 3.17. The fourth-order valence-electron chi connectivity index (χ4n) is 2.25. The maximum absolute atomic E-state index is 11.9. The molecule has 4 heteroatoms. The Kier molecular flexibility index (Phi) is 4.82. The van der Waals surface area contributed by atoms with E-state index in [1.165, 1.54) is 12.8 Å². The van der Waals surface area contributed by atoms with Crippen LogP contribution in [0.1, 0.15) is 31.2 Å². The molecule has 1 fully saturated rings. The van der Waals surface area contributed by atoms with Gasteiger partial charge in [-0.15, -0.1) is 0 Å². The van der Waals surface area contributed by atoms with Crippen LogP contribution in [0.3, 0.4) is 0 Å². The maximum Gasteiger partial charge on any atom is 0.319 e. The number of nitrogens with one attached hydrogen (secondary N) is 2. The Bertz CT molecular complexity index is 496. The van der Waals surface area contributed by atoms with Crippen LogP contribution in [-0.4, -0.2) is 23.8 Å². The van der Waals surface area contributed by atoms with E-state index in [0.717, 1.165) is 12.8 Å². The van der Waals surface area contributed by atoms with Crippen molar-refractivity contribution in [3.05, 3.63) is 29.8 Å². The van der Waals surface area contributed by atoms with Crippen LogP contribution in [-0.2, 0) is 0 Å². The second kappa shape index (κ2) is 6.81. The lowest BCUT2D eigenvalue weighted by Gasteiger charge is -2.13. The summed E-state index contributed by atoms with van der Waals surface area (Å²) in [5.74, 6) is 5.40. The van der Waals surface area contributed by atoms with Crippen molar-refractivity contribution in [2.45, 2.75) is 31.7 Å². The van der Waals surface area contributed by atoms with E-state index < -0.39 is 0 Å². The van der Waals surface area contributed by atoms with Gasteiger partial charge in [-0.1, -0.05) is 36.8 Å². The van der Waals surface area contributed by atoms with Gasteiger partial charge >= 0.3 is 6.03 Å². The number of aliphatic hydroxyl groups is 1. The highest BCUT2D eigenvalue weighted by molar-refractivity contribution is 5.91. The number of carbonyl (C=O) groups excluding carboxylic acids is 1. The zero-order valence-corrected chi connectivity index (χ0v) is 10.8. The third-order valence-electron chi connectivity index (χ3n) is 3.17. The van der Waals surface area contributed by atoms with E-state index in [1.54, 1.807) is 6.07 Å². The number of anilines is 1. The fraction of sp³-hybridized carbons (Fsp3) is 0.400. The summed E-state index contributed by atoms with van der Waals surface area (Å²) in [6, 6.07) is 7.40. The number of para-hydroxylation sites is 1. The quantitative estimate of drug-likeness (QED) is 0.711. The minimum Gasteiger partial charge on any atom is -0.384 e. The normalized spacial score (nSPS) is 14.6. The molecule has 1 aromatic rings. The number of urea groups is 1. The van der Waals surface area contributed by atoms with Gasteiger partial charge in [-0.3, -0.25) is 0 Å². The number of carbonyl (C=O) groups is 1. The average molecular weight is 258 g/mol. The molecule has 0 aromatic heterocycles. The van der Waals surface area contributed by atoms with Crippen LogP contribution in [0.4, 0.5) is 10.5 Å². The van der Waals surface area contributed by atoms with Crippen molar-refractivity contribution >= 4 is 11.7 Å². The Balaban J connectivity index is 1.99. The van der Waals surface area contributed by atoms with Gasteiger partial charge in [0.05, 0.1) is 5.69 Å². The first-order chi connectivity index (χ1) is 9.29. The summed E-state index contributed by atoms with van der Waals surface area (Å²) in [4.78, 5) is 11.9. The summed E-state index contributed by atoms with van der Waals surface area (Å²) in [7, 11) is 0. The Morgan fingerprint density at radius 2 is 2.05 bits per heavy atom. The molecular weight excluding hydrogens is 240 g/mol. The van der Waals surface area contributed by atoms with Gasteiger partial charge in [-0.05, 0) is 25.0 Å². The highest BCUT2D eigenvalue weighted by Gasteiger charge is 2.17. The Morgan fingerprint density at radius 1 is 1.32 bits per heavy atom. The maximum atomic E-state index is 11.9. The van der Waals surface area contributed by atoms with E-state index in [0.29, 0.717) is 11.3 Å². The molecule has 0 bridgehead atoms. The van der Waals surface area contributed by atoms with E-state index >= 15 is 0 Å². The molecule has 0 aliphatic heterocycles. The van der Waals surface area contributed by atoms with Crippen molar-refractivity contribution in [1.82, 2.24) is 5.32 Å². The molecular formula is C15H18N2O2. The van der Waals surface area contributed by atoms with Gasteiger partial charge in [0.2, 0.25) is 0 Å². The van der Waals surface area contributed by atoms with Crippen LogP contribution in [0.2, 0.25) is 0 Å². The first-order valence-corrected chi connectivity index (χ1v) is 6.56. The Hall–Kier alpha value is -1.99. The molecule has 0 spiro atoms. The first-order valence-electron chi connectivity index (χ1n) is 6.56. The highest BCUT2D eigenvalue weighted by Crippen LogP contribution is 2.18. The molecule has 19 heavy (non-hydrogen) atoms. The van der Waals surface area contributed by atoms with Crippen LogP contribution in [0, 0.1) is 11.8 Å². The molecule has 100 valence electrons. The topological polar surface area (TPSA) is 61.4 Å². The molecule has 1 aromatic carbocycles.